The van der Waals surface area contributed by atoms with E-state index in [-0.39, 0.29) is 40.6 Å². The van der Waals surface area contributed by atoms with Crippen molar-refractivity contribution in [1.82, 2.24) is 4.90 Å². The predicted molar refractivity (Wildman–Crippen MR) is 144 cm³/mol. The number of piperidine rings is 1. The molecule has 1 heterocycles. The molecule has 4 aromatic rings. The SMILES string of the molecule is Cl.O=C(c1ccc(OCCN2CCCCC2)cc1)c1c(-c2cc(F)ccc2F)ccc2cc(O)ccc12. The van der Waals surface area contributed by atoms with E-state index in [1.165, 1.54) is 31.4 Å². The zero-order chi connectivity index (χ0) is 25.1. The van der Waals surface area contributed by atoms with Crippen molar-refractivity contribution < 1.29 is 23.4 Å². The fourth-order valence-electron chi connectivity index (χ4n) is 4.81. The van der Waals surface area contributed by atoms with Crippen LogP contribution < -0.4 is 4.74 Å². The average molecular weight is 524 g/mol. The van der Waals surface area contributed by atoms with Crippen molar-refractivity contribution in [2.24, 2.45) is 0 Å². The van der Waals surface area contributed by atoms with Gasteiger partial charge in [0.1, 0.15) is 29.7 Å². The van der Waals surface area contributed by atoms with Crippen molar-refractivity contribution in [1.29, 1.82) is 0 Å². The number of phenols is 1. The molecule has 0 bridgehead atoms. The molecule has 5 rings (SSSR count). The second-order valence-corrected chi connectivity index (χ2v) is 9.12. The molecule has 1 N–H and O–H groups in total. The van der Waals surface area contributed by atoms with Gasteiger partial charge in [0.05, 0.1) is 0 Å². The van der Waals surface area contributed by atoms with Crippen LogP contribution in [-0.2, 0) is 0 Å². The number of nitrogens with zero attached hydrogens (tertiary/aromatic N) is 1. The maximum atomic E-state index is 14.7. The Balaban J connectivity index is 0.00000320. The highest BCUT2D eigenvalue weighted by atomic mass is 35.5. The molecule has 0 aromatic heterocycles. The van der Waals surface area contributed by atoms with Gasteiger partial charge in [-0.2, -0.15) is 0 Å². The maximum Gasteiger partial charge on any atom is 0.194 e. The smallest absolute Gasteiger partial charge is 0.194 e. The number of carbonyl (C=O) groups is 1. The van der Waals surface area contributed by atoms with Gasteiger partial charge in [-0.15, -0.1) is 12.4 Å². The molecule has 1 aliphatic heterocycles. The lowest BCUT2D eigenvalue weighted by Crippen LogP contribution is -2.33. The number of fused-ring (bicyclic) bond motifs is 1. The van der Waals surface area contributed by atoms with Crippen molar-refractivity contribution in [3.63, 3.8) is 0 Å². The van der Waals surface area contributed by atoms with Gasteiger partial charge >= 0.3 is 0 Å². The van der Waals surface area contributed by atoms with Gasteiger partial charge in [-0.1, -0.05) is 18.6 Å². The van der Waals surface area contributed by atoms with Gasteiger partial charge in [0.25, 0.3) is 0 Å². The third-order valence-corrected chi connectivity index (χ3v) is 6.69. The number of benzene rings is 4. The summed E-state index contributed by atoms with van der Waals surface area (Å²) >= 11 is 0. The Labute approximate surface area is 220 Å². The van der Waals surface area contributed by atoms with Crippen molar-refractivity contribution in [3.05, 3.63) is 95.6 Å². The van der Waals surface area contributed by atoms with Crippen LogP contribution >= 0.6 is 12.4 Å². The van der Waals surface area contributed by atoms with Gasteiger partial charge in [-0.25, -0.2) is 8.78 Å². The Morgan fingerprint density at radius 2 is 1.62 bits per heavy atom. The number of carbonyl (C=O) groups excluding carboxylic acids is 1. The lowest BCUT2D eigenvalue weighted by atomic mass is 9.89. The number of aromatic hydroxyl groups is 1. The highest BCUT2D eigenvalue weighted by Gasteiger charge is 2.21. The van der Waals surface area contributed by atoms with E-state index >= 15 is 0 Å². The quantitative estimate of drug-likeness (QED) is 0.265. The Morgan fingerprint density at radius 3 is 2.38 bits per heavy atom. The molecule has 1 saturated heterocycles. The van der Waals surface area contributed by atoms with Gasteiger partial charge in [0.15, 0.2) is 5.78 Å². The van der Waals surface area contributed by atoms with Gasteiger partial charge in [0, 0.05) is 23.2 Å². The average Bonchev–Trinajstić information content (AvgIpc) is 2.90. The molecule has 4 nitrogen and oxygen atoms in total. The van der Waals surface area contributed by atoms with Crippen LogP contribution in [0.15, 0.2) is 72.8 Å². The molecule has 0 unspecified atom stereocenters. The summed E-state index contributed by atoms with van der Waals surface area (Å²) in [7, 11) is 0. The van der Waals surface area contributed by atoms with E-state index in [9.17, 15) is 18.7 Å². The third-order valence-electron chi connectivity index (χ3n) is 6.69. The maximum absolute atomic E-state index is 14.7. The summed E-state index contributed by atoms with van der Waals surface area (Å²) in [6.07, 6.45) is 3.75. The molecule has 1 fully saturated rings. The molecule has 7 heteroatoms. The fraction of sp³-hybridized carbons (Fsp3) is 0.233. The molecular formula is C30H28ClF2NO3. The monoisotopic (exact) mass is 523 g/mol. The lowest BCUT2D eigenvalue weighted by Gasteiger charge is -2.26. The number of halogens is 3. The lowest BCUT2D eigenvalue weighted by molar-refractivity contribution is 0.104. The molecule has 192 valence electrons. The van der Waals surface area contributed by atoms with Crippen LogP contribution in [0.3, 0.4) is 0 Å². The molecule has 0 amide bonds. The van der Waals surface area contributed by atoms with Crippen LogP contribution in [0.25, 0.3) is 21.9 Å². The highest BCUT2D eigenvalue weighted by Crippen LogP contribution is 2.35. The number of hydrogen-bond donors (Lipinski definition) is 1. The third kappa shape index (κ3) is 5.92. The Morgan fingerprint density at radius 1 is 0.865 bits per heavy atom. The molecular weight excluding hydrogens is 496 g/mol. The van der Waals surface area contributed by atoms with Crippen LogP contribution in [0.5, 0.6) is 11.5 Å². The van der Waals surface area contributed by atoms with E-state index in [0.29, 0.717) is 28.7 Å². The number of ketones is 1. The number of ether oxygens (including phenoxy) is 1. The standard InChI is InChI=1S/C30H27F2NO3.ClH/c31-22-7-13-28(32)27(19-22)26-11-6-21-18-23(34)8-12-25(21)29(26)30(35)20-4-9-24(10-5-20)36-17-16-33-14-2-1-3-15-33;/h4-13,18-19,34H,1-3,14-17H2;1H. The number of rotatable bonds is 7. The molecule has 1 aliphatic rings. The number of phenolic OH excluding ortho intramolecular Hbond substituents is 1. The second kappa shape index (κ2) is 11.7. The molecule has 4 aromatic carbocycles. The molecule has 0 saturated carbocycles. The second-order valence-electron chi connectivity index (χ2n) is 9.12. The Bertz CT molecular complexity index is 1400. The molecule has 0 spiro atoms. The summed E-state index contributed by atoms with van der Waals surface area (Å²) in [6.45, 7) is 3.65. The van der Waals surface area contributed by atoms with Crippen molar-refractivity contribution in [2.75, 3.05) is 26.2 Å². The first kappa shape index (κ1) is 26.6. The van der Waals surface area contributed by atoms with Crippen molar-refractivity contribution >= 4 is 29.0 Å². The summed E-state index contributed by atoms with van der Waals surface area (Å²) in [5.74, 6) is -0.827. The normalized spacial score (nSPS) is 13.8. The summed E-state index contributed by atoms with van der Waals surface area (Å²) in [4.78, 5) is 16.1. The summed E-state index contributed by atoms with van der Waals surface area (Å²) in [5, 5.41) is 11.1. The highest BCUT2D eigenvalue weighted by molar-refractivity contribution is 6.20. The number of hydrogen-bond acceptors (Lipinski definition) is 4. The summed E-state index contributed by atoms with van der Waals surface area (Å²) < 4.78 is 34.6. The van der Waals surface area contributed by atoms with Crippen LogP contribution in [-0.4, -0.2) is 42.0 Å². The molecule has 0 radical (unpaired) electrons. The van der Waals surface area contributed by atoms with Crippen LogP contribution in [0.2, 0.25) is 0 Å². The fourth-order valence-corrected chi connectivity index (χ4v) is 4.81. The van der Waals surface area contributed by atoms with E-state index in [1.807, 2.05) is 0 Å². The summed E-state index contributed by atoms with van der Waals surface area (Å²) in [6, 6.07) is 18.0. The zero-order valence-electron chi connectivity index (χ0n) is 20.3. The van der Waals surface area contributed by atoms with Gasteiger partial charge in [0.2, 0.25) is 0 Å². The first-order chi connectivity index (χ1) is 17.5. The van der Waals surface area contributed by atoms with Gasteiger partial charge < -0.3 is 9.84 Å². The van der Waals surface area contributed by atoms with Gasteiger partial charge in [-0.3, -0.25) is 9.69 Å². The van der Waals surface area contributed by atoms with E-state index in [0.717, 1.165) is 37.8 Å². The minimum atomic E-state index is -0.624. The van der Waals surface area contributed by atoms with Gasteiger partial charge in [-0.05, 0) is 103 Å². The van der Waals surface area contributed by atoms with E-state index in [2.05, 4.69) is 4.90 Å². The van der Waals surface area contributed by atoms with Crippen molar-refractivity contribution in [2.45, 2.75) is 19.3 Å². The molecule has 37 heavy (non-hydrogen) atoms. The first-order valence-electron chi connectivity index (χ1n) is 12.2. The zero-order valence-corrected chi connectivity index (χ0v) is 21.1. The minimum Gasteiger partial charge on any atom is -0.508 e. The van der Waals surface area contributed by atoms with Crippen molar-refractivity contribution in [3.8, 4) is 22.6 Å². The first-order valence-corrected chi connectivity index (χ1v) is 12.2. The van der Waals surface area contributed by atoms with E-state index in [1.54, 1.807) is 42.5 Å². The van der Waals surface area contributed by atoms with Crippen LogP contribution in [0, 0.1) is 11.6 Å². The number of likely N-dealkylation sites (tertiary alicyclic amines) is 1. The Hall–Kier alpha value is -3.48. The van der Waals surface area contributed by atoms with E-state index in [4.69, 9.17) is 4.74 Å². The summed E-state index contributed by atoms with van der Waals surface area (Å²) in [5.41, 5.74) is 0.941. The van der Waals surface area contributed by atoms with Crippen LogP contribution in [0.1, 0.15) is 35.2 Å². The Kier molecular flexibility index (Phi) is 8.41. The largest absolute Gasteiger partial charge is 0.508 e. The topological polar surface area (TPSA) is 49.8 Å². The molecule has 0 aliphatic carbocycles. The minimum absolute atomic E-state index is 0. The van der Waals surface area contributed by atoms with E-state index < -0.39 is 11.6 Å². The predicted octanol–water partition coefficient (Wildman–Crippen LogP) is 7.01. The molecule has 0 atom stereocenters. The van der Waals surface area contributed by atoms with Crippen LogP contribution in [0.4, 0.5) is 8.78 Å².